The van der Waals surface area contributed by atoms with Crippen LogP contribution < -0.4 is 14.2 Å². The number of ether oxygens (including phenoxy) is 9. The molecule has 0 N–H and O–H groups in total. The lowest BCUT2D eigenvalue weighted by Gasteiger charge is -2.33. The summed E-state index contributed by atoms with van der Waals surface area (Å²) in [6, 6.07) is 46.2. The molecule has 6 aromatic carbocycles. The second-order valence-corrected chi connectivity index (χ2v) is 17.8. The Morgan fingerprint density at radius 2 is 0.600 bits per heavy atom. The Morgan fingerprint density at radius 1 is 0.360 bits per heavy atom. The SMILES string of the molecule is CCC(COCC(C)OC(=O)COc1ccc(C(=O)c2ccccc2)cc1)(COCC(C)OC(=O)COc1ccc(C(=O)c2ccccc2)cc1)COCC(C)OC(=O)COc1ccc(C(=O)c2ccccc2)cc1. The van der Waals surface area contributed by atoms with Crippen molar-refractivity contribution in [3.05, 3.63) is 197 Å². The van der Waals surface area contributed by atoms with Crippen molar-refractivity contribution in [3.63, 3.8) is 0 Å². The Kier molecular flexibility index (Phi) is 21.8. The Bertz CT molecular complexity index is 2450. The molecule has 0 saturated carbocycles. The van der Waals surface area contributed by atoms with Crippen LogP contribution in [0, 0.1) is 5.41 Å². The molecule has 3 atom stereocenters. The minimum atomic E-state index is -0.747. The molecule has 6 rings (SSSR count). The van der Waals surface area contributed by atoms with Crippen molar-refractivity contribution < 1.29 is 71.4 Å². The van der Waals surface area contributed by atoms with E-state index >= 15 is 0 Å². The molecule has 0 aliphatic rings. The molecule has 15 nitrogen and oxygen atoms in total. The maximum atomic E-state index is 12.8. The average molecular weight is 1020 g/mol. The van der Waals surface area contributed by atoms with Crippen LogP contribution in [0.15, 0.2) is 164 Å². The van der Waals surface area contributed by atoms with Crippen LogP contribution in [0.1, 0.15) is 81.9 Å². The first-order valence-corrected chi connectivity index (χ1v) is 24.6. The van der Waals surface area contributed by atoms with E-state index in [2.05, 4.69) is 0 Å². The number of benzene rings is 6. The molecular formula is C60H62O15. The van der Waals surface area contributed by atoms with Crippen LogP contribution in [0.2, 0.25) is 0 Å². The molecule has 0 radical (unpaired) electrons. The maximum absolute atomic E-state index is 12.8. The summed E-state index contributed by atoms with van der Waals surface area (Å²) in [5.41, 5.74) is 2.39. The highest BCUT2D eigenvalue weighted by Gasteiger charge is 2.31. The van der Waals surface area contributed by atoms with Gasteiger partial charge in [-0.05, 0) is 100.0 Å². The Hall–Kier alpha value is -7.98. The molecule has 392 valence electrons. The van der Waals surface area contributed by atoms with Gasteiger partial charge in [0.1, 0.15) is 35.6 Å². The molecule has 0 heterocycles. The van der Waals surface area contributed by atoms with Crippen LogP contribution in [-0.4, -0.2) is 113 Å². The number of hydrogen-bond acceptors (Lipinski definition) is 15. The van der Waals surface area contributed by atoms with E-state index in [9.17, 15) is 28.8 Å². The zero-order chi connectivity index (χ0) is 53.4. The molecule has 15 heteroatoms. The zero-order valence-electron chi connectivity index (χ0n) is 42.5. The van der Waals surface area contributed by atoms with E-state index < -0.39 is 41.6 Å². The van der Waals surface area contributed by atoms with Crippen molar-refractivity contribution in [1.82, 2.24) is 0 Å². The summed E-state index contributed by atoms with van der Waals surface area (Å²) >= 11 is 0. The lowest BCUT2D eigenvalue weighted by Crippen LogP contribution is -2.39. The van der Waals surface area contributed by atoms with E-state index in [1.165, 1.54) is 0 Å². The molecule has 0 fully saturated rings. The minimum Gasteiger partial charge on any atom is -0.482 e. The summed E-state index contributed by atoms with van der Waals surface area (Å²) in [6.45, 7) is 6.35. The number of rotatable bonds is 31. The Morgan fingerprint density at radius 3 is 0.840 bits per heavy atom. The lowest BCUT2D eigenvalue weighted by molar-refractivity contribution is -0.158. The molecule has 6 aromatic rings. The van der Waals surface area contributed by atoms with Gasteiger partial charge in [0.15, 0.2) is 37.2 Å². The molecule has 0 aliphatic heterocycles. The number of esters is 3. The average Bonchev–Trinajstić information content (AvgIpc) is 3.43. The van der Waals surface area contributed by atoms with Gasteiger partial charge in [-0.3, -0.25) is 14.4 Å². The van der Waals surface area contributed by atoms with Gasteiger partial charge in [0.25, 0.3) is 0 Å². The van der Waals surface area contributed by atoms with Gasteiger partial charge in [-0.25, -0.2) is 14.4 Å². The molecule has 0 amide bonds. The molecule has 0 aromatic heterocycles. The smallest absolute Gasteiger partial charge is 0.344 e. The Balaban J connectivity index is 0.955. The van der Waals surface area contributed by atoms with Crippen molar-refractivity contribution >= 4 is 35.3 Å². The molecule has 3 unspecified atom stereocenters. The molecule has 0 spiro atoms. The Labute approximate surface area is 436 Å². The fourth-order valence-electron chi connectivity index (χ4n) is 7.44. The number of hydrogen-bond donors (Lipinski definition) is 0. The van der Waals surface area contributed by atoms with E-state index in [1.807, 2.05) is 25.1 Å². The standard InChI is InChI=1S/C60H62O15/c1-5-60(39-67-33-42(2)73-54(61)36-70-51-27-21-48(22-28-51)57(64)45-15-9-6-10-16-45,40-68-34-43(3)74-55(62)37-71-52-29-23-49(24-30-52)58(65)46-17-11-7-12-18-46)41-69-35-44(4)75-56(63)38-72-53-31-25-50(26-32-53)59(66)47-19-13-8-14-20-47/h6-32,42-44H,5,33-41H2,1-4H3. The quantitative estimate of drug-likeness (QED) is 0.0228. The minimum absolute atomic E-state index is 0.0317. The van der Waals surface area contributed by atoms with E-state index in [4.69, 9.17) is 42.6 Å². The normalized spacial score (nSPS) is 13.0. The lowest BCUT2D eigenvalue weighted by atomic mass is 9.88. The molecular weight excluding hydrogens is 961 g/mol. The third-order valence-corrected chi connectivity index (χ3v) is 11.6. The monoisotopic (exact) mass is 1020 g/mol. The van der Waals surface area contributed by atoms with Gasteiger partial charge < -0.3 is 42.6 Å². The first-order chi connectivity index (χ1) is 36.3. The van der Waals surface area contributed by atoms with Gasteiger partial charge in [0.05, 0.1) is 39.6 Å². The number of carbonyl (C=O) groups excluding carboxylic acids is 6. The predicted molar refractivity (Wildman–Crippen MR) is 277 cm³/mol. The van der Waals surface area contributed by atoms with Gasteiger partial charge in [-0.15, -0.1) is 0 Å². The number of carbonyl (C=O) groups is 6. The van der Waals surface area contributed by atoms with Crippen molar-refractivity contribution in [2.24, 2.45) is 5.41 Å². The topological polar surface area (TPSA) is 185 Å². The van der Waals surface area contributed by atoms with E-state index in [0.29, 0.717) is 57.1 Å². The zero-order valence-corrected chi connectivity index (χ0v) is 42.5. The summed E-state index contributed by atoms with van der Waals surface area (Å²) in [5.74, 6) is -1.07. The highest BCUT2D eigenvalue weighted by molar-refractivity contribution is 6.10. The van der Waals surface area contributed by atoms with Crippen LogP contribution in [0.3, 0.4) is 0 Å². The van der Waals surface area contributed by atoms with Crippen LogP contribution in [0.4, 0.5) is 0 Å². The molecule has 0 bridgehead atoms. The van der Waals surface area contributed by atoms with Crippen LogP contribution >= 0.6 is 0 Å². The third kappa shape index (κ3) is 18.5. The fourth-order valence-corrected chi connectivity index (χ4v) is 7.44. The molecule has 75 heavy (non-hydrogen) atoms. The highest BCUT2D eigenvalue weighted by atomic mass is 16.6. The van der Waals surface area contributed by atoms with Crippen LogP contribution in [0.25, 0.3) is 0 Å². The second-order valence-electron chi connectivity index (χ2n) is 17.8. The highest BCUT2D eigenvalue weighted by Crippen LogP contribution is 2.26. The summed E-state index contributed by atoms with van der Waals surface area (Å²) in [5, 5.41) is 0. The maximum Gasteiger partial charge on any atom is 0.344 e. The number of ketones is 3. The van der Waals surface area contributed by atoms with Gasteiger partial charge in [0.2, 0.25) is 0 Å². The predicted octanol–water partition coefficient (Wildman–Crippen LogP) is 9.16. The molecule has 0 saturated heterocycles. The van der Waals surface area contributed by atoms with Crippen LogP contribution in [-0.2, 0) is 42.8 Å². The van der Waals surface area contributed by atoms with E-state index in [-0.39, 0.29) is 76.8 Å². The second kappa shape index (κ2) is 29.0. The first-order valence-electron chi connectivity index (χ1n) is 24.6. The first kappa shape index (κ1) is 56.3. The summed E-state index contributed by atoms with van der Waals surface area (Å²) < 4.78 is 51.8. The van der Waals surface area contributed by atoms with Gasteiger partial charge >= 0.3 is 17.9 Å². The third-order valence-electron chi connectivity index (χ3n) is 11.6. The molecule has 0 aliphatic carbocycles. The van der Waals surface area contributed by atoms with Gasteiger partial charge in [-0.1, -0.05) is 97.9 Å². The fraction of sp³-hybridized carbons (Fsp3) is 0.300. The largest absolute Gasteiger partial charge is 0.482 e. The van der Waals surface area contributed by atoms with Crippen molar-refractivity contribution in [1.29, 1.82) is 0 Å². The van der Waals surface area contributed by atoms with E-state index in [1.54, 1.807) is 166 Å². The van der Waals surface area contributed by atoms with Gasteiger partial charge in [0, 0.05) is 38.8 Å². The van der Waals surface area contributed by atoms with E-state index in [0.717, 1.165) is 0 Å². The summed E-state index contributed by atoms with van der Waals surface area (Å²) in [6.07, 6.45) is -1.46. The van der Waals surface area contributed by atoms with Gasteiger partial charge in [-0.2, -0.15) is 0 Å². The summed E-state index contributed by atoms with van der Waals surface area (Å²) in [7, 11) is 0. The van der Waals surface area contributed by atoms with Crippen molar-refractivity contribution in [2.45, 2.75) is 52.4 Å². The summed E-state index contributed by atoms with van der Waals surface area (Å²) in [4.78, 5) is 76.5. The van der Waals surface area contributed by atoms with Crippen molar-refractivity contribution in [2.75, 3.05) is 59.5 Å². The van der Waals surface area contributed by atoms with Crippen molar-refractivity contribution in [3.8, 4) is 17.2 Å². The van der Waals surface area contributed by atoms with Crippen LogP contribution in [0.5, 0.6) is 17.2 Å².